The molecule has 5 aromatic carbocycles. The molecule has 0 unspecified atom stereocenters. The zero-order chi connectivity index (χ0) is 34.0. The lowest BCUT2D eigenvalue weighted by atomic mass is 9.74. The molecular formula is C40H36O8. The van der Waals surface area contributed by atoms with Crippen LogP contribution in [0.1, 0.15) is 36.5 Å². The van der Waals surface area contributed by atoms with Gasteiger partial charge in [-0.25, -0.2) is 0 Å². The zero-order valence-electron chi connectivity index (χ0n) is 26.5. The van der Waals surface area contributed by atoms with Gasteiger partial charge in [-0.05, 0) is 47.4 Å². The largest absolute Gasteiger partial charge is 0.464 e. The first-order valence-electron chi connectivity index (χ1n) is 15.4. The fraction of sp³-hybridized carbons (Fsp3) is 0.150. The molecule has 8 heteroatoms. The van der Waals surface area contributed by atoms with Crippen molar-refractivity contribution in [1.82, 2.24) is 0 Å². The molecule has 0 fully saturated rings. The molecule has 0 aromatic heterocycles. The molecule has 5 aromatic rings. The third-order valence-corrected chi connectivity index (χ3v) is 6.91. The standard InChI is InChI=1S/C25H24O4.C15H12O4/c1-2-18-28-23(26)25(21-14-8-4-9-15-21,22-16-10-5-11-17-22)24(27)29-19-20-12-6-3-7-13-20;16-14(18-12-7-3-1-4-8-12)11-15(17)19-13-9-5-2-6-10-13/h3-17H,2,18-19H2,1H3;1-10H,11H2. The Labute approximate surface area is 279 Å². The number of esters is 4. The molecule has 0 heterocycles. The summed E-state index contributed by atoms with van der Waals surface area (Å²) in [7, 11) is 0. The second-order valence-corrected chi connectivity index (χ2v) is 10.4. The highest BCUT2D eigenvalue weighted by Gasteiger charge is 2.52. The van der Waals surface area contributed by atoms with Gasteiger partial charge >= 0.3 is 23.9 Å². The van der Waals surface area contributed by atoms with Gasteiger partial charge in [0.05, 0.1) is 6.61 Å². The lowest BCUT2D eigenvalue weighted by molar-refractivity contribution is -0.163. The molecule has 0 aliphatic carbocycles. The number of hydrogen-bond donors (Lipinski definition) is 0. The first kappa shape index (κ1) is 34.8. The van der Waals surface area contributed by atoms with Crippen LogP contribution < -0.4 is 9.47 Å². The molecule has 5 rings (SSSR count). The Morgan fingerprint density at radius 1 is 0.500 bits per heavy atom. The SMILES string of the molecule is CCCOC(=O)C(C(=O)OCc1ccccc1)(c1ccccc1)c1ccccc1.O=C(CC(=O)Oc1ccccc1)Oc1ccccc1. The average Bonchev–Trinajstić information content (AvgIpc) is 3.12. The maximum absolute atomic E-state index is 13.5. The summed E-state index contributed by atoms with van der Waals surface area (Å²) >= 11 is 0. The van der Waals surface area contributed by atoms with Gasteiger partial charge in [0.15, 0.2) is 0 Å². The number of rotatable bonds is 12. The molecule has 0 spiro atoms. The van der Waals surface area contributed by atoms with E-state index in [9.17, 15) is 19.2 Å². The maximum Gasteiger partial charge on any atom is 0.333 e. The van der Waals surface area contributed by atoms with E-state index in [2.05, 4.69) is 0 Å². The lowest BCUT2D eigenvalue weighted by Gasteiger charge is -2.30. The summed E-state index contributed by atoms with van der Waals surface area (Å²) in [5, 5.41) is 0. The minimum atomic E-state index is -1.69. The van der Waals surface area contributed by atoms with Crippen LogP contribution in [0.3, 0.4) is 0 Å². The summed E-state index contributed by atoms with van der Waals surface area (Å²) in [4.78, 5) is 49.9. The van der Waals surface area contributed by atoms with Gasteiger partial charge in [0.25, 0.3) is 0 Å². The maximum atomic E-state index is 13.5. The molecule has 0 radical (unpaired) electrons. The van der Waals surface area contributed by atoms with E-state index in [0.717, 1.165) is 5.56 Å². The van der Waals surface area contributed by atoms with Crippen LogP contribution in [0, 0.1) is 0 Å². The van der Waals surface area contributed by atoms with Gasteiger partial charge in [-0.1, -0.05) is 134 Å². The van der Waals surface area contributed by atoms with Crippen LogP contribution in [0.4, 0.5) is 0 Å². The van der Waals surface area contributed by atoms with E-state index in [1.165, 1.54) is 0 Å². The van der Waals surface area contributed by atoms with Gasteiger partial charge in [0, 0.05) is 0 Å². The molecule has 0 saturated heterocycles. The van der Waals surface area contributed by atoms with E-state index >= 15 is 0 Å². The van der Waals surface area contributed by atoms with Crippen LogP contribution in [0.15, 0.2) is 152 Å². The molecule has 8 nitrogen and oxygen atoms in total. The van der Waals surface area contributed by atoms with Gasteiger partial charge in [-0.15, -0.1) is 0 Å². The summed E-state index contributed by atoms with van der Waals surface area (Å²) < 4.78 is 21.1. The van der Waals surface area contributed by atoms with Crippen LogP contribution in [0.5, 0.6) is 11.5 Å². The predicted molar refractivity (Wildman–Crippen MR) is 180 cm³/mol. The van der Waals surface area contributed by atoms with Crippen molar-refractivity contribution < 1.29 is 38.1 Å². The van der Waals surface area contributed by atoms with Crippen LogP contribution in [-0.4, -0.2) is 30.5 Å². The lowest BCUT2D eigenvalue weighted by Crippen LogP contribution is -2.47. The monoisotopic (exact) mass is 644 g/mol. The molecular weight excluding hydrogens is 608 g/mol. The second kappa shape index (κ2) is 18.2. The summed E-state index contributed by atoms with van der Waals surface area (Å²) in [5.41, 5.74) is 0.195. The van der Waals surface area contributed by atoms with Crippen molar-refractivity contribution in [3.8, 4) is 11.5 Å². The van der Waals surface area contributed by atoms with Crippen LogP contribution >= 0.6 is 0 Å². The summed E-state index contributed by atoms with van der Waals surface area (Å²) in [6, 6.07) is 44.4. The third kappa shape index (κ3) is 9.74. The highest BCUT2D eigenvalue weighted by atomic mass is 16.6. The van der Waals surface area contributed by atoms with Crippen molar-refractivity contribution in [2.45, 2.75) is 31.8 Å². The second-order valence-electron chi connectivity index (χ2n) is 10.4. The molecule has 48 heavy (non-hydrogen) atoms. The molecule has 0 aliphatic rings. The quantitative estimate of drug-likeness (QED) is 0.0794. The number of carbonyl (C=O) groups excluding carboxylic acids is 4. The first-order valence-corrected chi connectivity index (χ1v) is 15.4. The molecule has 0 saturated carbocycles. The van der Waals surface area contributed by atoms with Crippen LogP contribution in [0.25, 0.3) is 0 Å². The van der Waals surface area contributed by atoms with E-state index in [1.54, 1.807) is 109 Å². The van der Waals surface area contributed by atoms with Gasteiger partial charge < -0.3 is 18.9 Å². The average molecular weight is 645 g/mol. The van der Waals surface area contributed by atoms with Gasteiger partial charge in [0.1, 0.15) is 24.5 Å². The third-order valence-electron chi connectivity index (χ3n) is 6.91. The van der Waals surface area contributed by atoms with Gasteiger partial charge in [-0.2, -0.15) is 0 Å². The minimum Gasteiger partial charge on any atom is -0.464 e. The van der Waals surface area contributed by atoms with Crippen LogP contribution in [0.2, 0.25) is 0 Å². The summed E-state index contributed by atoms with van der Waals surface area (Å²) in [6.07, 6.45) is 0.230. The van der Waals surface area contributed by atoms with E-state index in [4.69, 9.17) is 18.9 Å². The van der Waals surface area contributed by atoms with Gasteiger partial charge in [0.2, 0.25) is 5.41 Å². The number of hydrogen-bond acceptors (Lipinski definition) is 8. The Balaban J connectivity index is 0.000000237. The highest BCUT2D eigenvalue weighted by molar-refractivity contribution is 6.10. The molecule has 0 bridgehead atoms. The van der Waals surface area contributed by atoms with Crippen molar-refractivity contribution in [1.29, 1.82) is 0 Å². The Hall–Kier alpha value is -6.02. The number of benzene rings is 5. The molecule has 0 atom stereocenters. The highest BCUT2D eigenvalue weighted by Crippen LogP contribution is 2.36. The fourth-order valence-electron chi connectivity index (χ4n) is 4.66. The normalized spacial score (nSPS) is 10.4. The number of ether oxygens (including phenoxy) is 4. The molecule has 0 amide bonds. The predicted octanol–water partition coefficient (Wildman–Crippen LogP) is 7.26. The smallest absolute Gasteiger partial charge is 0.333 e. The molecule has 0 N–H and O–H groups in total. The number of carbonyl (C=O) groups is 4. The first-order chi connectivity index (χ1) is 23.4. The van der Waals surface area contributed by atoms with Crippen molar-refractivity contribution >= 4 is 23.9 Å². The number of para-hydroxylation sites is 2. The van der Waals surface area contributed by atoms with E-state index in [0.29, 0.717) is 29.0 Å². The topological polar surface area (TPSA) is 105 Å². The van der Waals surface area contributed by atoms with E-state index in [-0.39, 0.29) is 13.2 Å². The van der Waals surface area contributed by atoms with Gasteiger partial charge in [-0.3, -0.25) is 19.2 Å². The zero-order valence-corrected chi connectivity index (χ0v) is 26.5. The molecule has 244 valence electrons. The van der Waals surface area contributed by atoms with E-state index in [1.807, 2.05) is 49.4 Å². The Kier molecular flexibility index (Phi) is 13.2. The fourth-order valence-corrected chi connectivity index (χ4v) is 4.66. The van der Waals surface area contributed by atoms with Crippen molar-refractivity contribution in [2.24, 2.45) is 0 Å². The summed E-state index contributed by atoms with van der Waals surface area (Å²) in [6.45, 7) is 2.21. The van der Waals surface area contributed by atoms with Crippen molar-refractivity contribution in [3.63, 3.8) is 0 Å². The Morgan fingerprint density at radius 3 is 1.29 bits per heavy atom. The molecule has 0 aliphatic heterocycles. The Morgan fingerprint density at radius 2 is 0.875 bits per heavy atom. The Bertz CT molecular complexity index is 1630. The van der Waals surface area contributed by atoms with Crippen LogP contribution in [-0.2, 0) is 40.7 Å². The van der Waals surface area contributed by atoms with E-state index < -0.39 is 35.7 Å². The van der Waals surface area contributed by atoms with Crippen molar-refractivity contribution in [2.75, 3.05) is 6.61 Å². The summed E-state index contributed by atoms with van der Waals surface area (Å²) in [5.74, 6) is -1.77. The van der Waals surface area contributed by atoms with Crippen molar-refractivity contribution in [3.05, 3.63) is 168 Å². The minimum absolute atomic E-state index is 0.0716.